The Bertz CT molecular complexity index is 685. The lowest BCUT2D eigenvalue weighted by atomic mass is 9.95. The molecule has 0 aliphatic carbocycles. The van der Waals surface area contributed by atoms with Gasteiger partial charge in [-0.05, 0) is 46.1 Å². The third-order valence-electron chi connectivity index (χ3n) is 4.95. The van der Waals surface area contributed by atoms with Crippen molar-refractivity contribution in [2.75, 3.05) is 19.7 Å². The molecule has 7 heteroatoms. The number of carbonyl (C=O) groups is 3. The lowest BCUT2D eigenvalue weighted by molar-refractivity contribution is -0.123. The molecule has 1 fully saturated rings. The highest BCUT2D eigenvalue weighted by Crippen LogP contribution is 2.26. The predicted octanol–water partition coefficient (Wildman–Crippen LogP) is 1.64. The number of esters is 1. The van der Waals surface area contributed by atoms with Crippen molar-refractivity contribution in [3.63, 3.8) is 0 Å². The van der Waals surface area contributed by atoms with E-state index in [1.165, 1.54) is 0 Å². The van der Waals surface area contributed by atoms with Gasteiger partial charge in [0.25, 0.3) is 5.91 Å². The van der Waals surface area contributed by atoms with E-state index in [-0.39, 0.29) is 24.3 Å². The molecule has 2 heterocycles. The first-order chi connectivity index (χ1) is 11.8. The van der Waals surface area contributed by atoms with Crippen LogP contribution in [0.25, 0.3) is 0 Å². The summed E-state index contributed by atoms with van der Waals surface area (Å²) in [6, 6.07) is 0. The number of nitrogens with zero attached hydrogens (tertiary/aromatic N) is 2. The van der Waals surface area contributed by atoms with Crippen LogP contribution in [0.4, 0.5) is 0 Å². The molecule has 7 nitrogen and oxygen atoms in total. The Kier molecular flexibility index (Phi) is 5.87. The zero-order chi connectivity index (χ0) is 18.7. The monoisotopic (exact) mass is 349 g/mol. The first-order valence-corrected chi connectivity index (χ1v) is 8.78. The van der Waals surface area contributed by atoms with Crippen LogP contribution in [-0.2, 0) is 16.1 Å². The quantitative estimate of drug-likeness (QED) is 0.818. The van der Waals surface area contributed by atoms with Gasteiger partial charge in [0.05, 0.1) is 12.2 Å². The molecule has 1 aliphatic heterocycles. The maximum absolute atomic E-state index is 13.0. The largest absolute Gasteiger partial charge is 0.461 e. The van der Waals surface area contributed by atoms with Crippen molar-refractivity contribution in [2.45, 2.75) is 47.1 Å². The molecule has 1 aliphatic rings. The highest BCUT2D eigenvalue weighted by Gasteiger charge is 2.32. The minimum atomic E-state index is -0.406. The minimum Gasteiger partial charge on any atom is -0.461 e. The smallest absolute Gasteiger partial charge is 0.355 e. The summed E-state index contributed by atoms with van der Waals surface area (Å²) in [4.78, 5) is 38.4. The van der Waals surface area contributed by atoms with E-state index in [0.717, 1.165) is 5.69 Å². The van der Waals surface area contributed by atoms with Gasteiger partial charge in [-0.25, -0.2) is 4.79 Å². The summed E-state index contributed by atoms with van der Waals surface area (Å²) in [5.41, 5.74) is 7.77. The van der Waals surface area contributed by atoms with Gasteiger partial charge in [-0.15, -0.1) is 0 Å². The molecular weight excluding hydrogens is 322 g/mol. The summed E-state index contributed by atoms with van der Waals surface area (Å²) in [5, 5.41) is 0. The second kappa shape index (κ2) is 7.72. The third-order valence-corrected chi connectivity index (χ3v) is 4.95. The molecule has 0 bridgehead atoms. The van der Waals surface area contributed by atoms with Crippen molar-refractivity contribution in [1.29, 1.82) is 0 Å². The van der Waals surface area contributed by atoms with E-state index in [1.807, 2.05) is 18.4 Å². The molecule has 0 aromatic carbocycles. The molecule has 138 valence electrons. The Morgan fingerprint density at radius 3 is 2.24 bits per heavy atom. The number of hydrogen-bond donors (Lipinski definition) is 1. The van der Waals surface area contributed by atoms with E-state index in [0.29, 0.717) is 49.3 Å². The molecule has 0 saturated carbocycles. The molecule has 25 heavy (non-hydrogen) atoms. The second-order valence-electron chi connectivity index (χ2n) is 6.37. The van der Waals surface area contributed by atoms with Crippen LogP contribution in [0.5, 0.6) is 0 Å². The zero-order valence-electron chi connectivity index (χ0n) is 15.4. The van der Waals surface area contributed by atoms with Crippen molar-refractivity contribution in [3.05, 3.63) is 22.5 Å². The van der Waals surface area contributed by atoms with Gasteiger partial charge < -0.3 is 19.9 Å². The van der Waals surface area contributed by atoms with Crippen LogP contribution < -0.4 is 5.73 Å². The first kappa shape index (κ1) is 19.0. The molecule has 0 atom stereocenters. The van der Waals surface area contributed by atoms with Crippen LogP contribution in [0.3, 0.4) is 0 Å². The van der Waals surface area contributed by atoms with Crippen molar-refractivity contribution in [1.82, 2.24) is 9.47 Å². The summed E-state index contributed by atoms with van der Waals surface area (Å²) in [5.74, 6) is -0.977. The lowest BCUT2D eigenvalue weighted by Gasteiger charge is -2.30. The lowest BCUT2D eigenvalue weighted by Crippen LogP contribution is -2.42. The summed E-state index contributed by atoms with van der Waals surface area (Å²) < 4.78 is 6.98. The molecule has 0 radical (unpaired) electrons. The number of nitrogens with two attached hydrogens (primary N) is 1. The number of amides is 2. The van der Waals surface area contributed by atoms with Gasteiger partial charge in [-0.1, -0.05) is 0 Å². The Morgan fingerprint density at radius 2 is 1.76 bits per heavy atom. The van der Waals surface area contributed by atoms with Crippen molar-refractivity contribution < 1.29 is 19.1 Å². The predicted molar refractivity (Wildman–Crippen MR) is 93.4 cm³/mol. The molecule has 2 rings (SSSR count). The highest BCUT2D eigenvalue weighted by atomic mass is 16.5. The Balaban J connectivity index is 2.31. The van der Waals surface area contributed by atoms with Crippen LogP contribution >= 0.6 is 0 Å². The molecule has 2 amide bonds. The molecule has 1 aromatic heterocycles. The van der Waals surface area contributed by atoms with Crippen molar-refractivity contribution >= 4 is 17.8 Å². The summed E-state index contributed by atoms with van der Waals surface area (Å²) in [6.45, 7) is 9.19. The van der Waals surface area contributed by atoms with Crippen LogP contribution in [0.2, 0.25) is 0 Å². The summed E-state index contributed by atoms with van der Waals surface area (Å²) in [6.07, 6.45) is 1.16. The van der Waals surface area contributed by atoms with E-state index in [9.17, 15) is 14.4 Å². The van der Waals surface area contributed by atoms with Crippen molar-refractivity contribution in [2.24, 2.45) is 11.7 Å². The Hall–Kier alpha value is -2.31. The van der Waals surface area contributed by atoms with Gasteiger partial charge in [0.2, 0.25) is 5.91 Å². The van der Waals surface area contributed by atoms with Gasteiger partial charge >= 0.3 is 5.97 Å². The van der Waals surface area contributed by atoms with Gasteiger partial charge in [-0.3, -0.25) is 9.59 Å². The van der Waals surface area contributed by atoms with Crippen LogP contribution in [0, 0.1) is 19.8 Å². The summed E-state index contributed by atoms with van der Waals surface area (Å²) in [7, 11) is 0. The van der Waals surface area contributed by atoms with E-state index in [1.54, 1.807) is 18.7 Å². The topological polar surface area (TPSA) is 94.6 Å². The molecule has 1 aromatic rings. The Labute approximate surface area is 148 Å². The van der Waals surface area contributed by atoms with E-state index in [4.69, 9.17) is 10.5 Å². The number of piperidine rings is 1. The number of rotatable bonds is 5. The van der Waals surface area contributed by atoms with Gasteiger partial charge in [0.15, 0.2) is 0 Å². The third kappa shape index (κ3) is 3.55. The number of likely N-dealkylation sites (tertiary alicyclic amines) is 1. The normalized spacial score (nSPS) is 15.3. The van der Waals surface area contributed by atoms with Crippen LogP contribution in [0.15, 0.2) is 0 Å². The average Bonchev–Trinajstić information content (AvgIpc) is 2.84. The van der Waals surface area contributed by atoms with Crippen molar-refractivity contribution in [3.8, 4) is 0 Å². The standard InChI is InChI=1S/C18H27N3O4/c1-5-21-12(4)14(11(3)15(21)18(24)25-6-2)17(23)20-9-7-13(8-10-20)16(19)22/h13H,5-10H2,1-4H3,(H2,19,22). The molecule has 2 N–H and O–H groups in total. The van der Waals surface area contributed by atoms with Crippen LogP contribution in [-0.4, -0.2) is 46.9 Å². The summed E-state index contributed by atoms with van der Waals surface area (Å²) >= 11 is 0. The fourth-order valence-electron chi connectivity index (χ4n) is 3.59. The average molecular weight is 349 g/mol. The molecular formula is C18H27N3O4. The fourth-order valence-corrected chi connectivity index (χ4v) is 3.59. The SMILES string of the molecule is CCOC(=O)c1c(C)c(C(=O)N2CCC(C(N)=O)CC2)c(C)n1CC. The molecule has 0 spiro atoms. The fraction of sp³-hybridized carbons (Fsp3) is 0.611. The zero-order valence-corrected chi connectivity index (χ0v) is 15.4. The second-order valence-corrected chi connectivity index (χ2v) is 6.37. The first-order valence-electron chi connectivity index (χ1n) is 8.78. The number of primary amides is 1. The van der Waals surface area contributed by atoms with Crippen LogP contribution in [0.1, 0.15) is 58.8 Å². The molecule has 1 saturated heterocycles. The Morgan fingerprint density at radius 1 is 1.16 bits per heavy atom. The highest BCUT2D eigenvalue weighted by molar-refractivity contribution is 6.01. The number of hydrogen-bond acceptors (Lipinski definition) is 4. The number of ether oxygens (including phenoxy) is 1. The van der Waals surface area contributed by atoms with Gasteiger partial charge in [-0.2, -0.15) is 0 Å². The van der Waals surface area contributed by atoms with E-state index < -0.39 is 5.97 Å². The minimum absolute atomic E-state index is 0.101. The van der Waals surface area contributed by atoms with E-state index >= 15 is 0 Å². The number of aromatic nitrogens is 1. The van der Waals surface area contributed by atoms with E-state index in [2.05, 4.69) is 0 Å². The van der Waals surface area contributed by atoms with Gasteiger partial charge in [0.1, 0.15) is 5.69 Å². The number of carbonyl (C=O) groups excluding carboxylic acids is 3. The van der Waals surface area contributed by atoms with Gasteiger partial charge in [0, 0.05) is 31.2 Å². The maximum Gasteiger partial charge on any atom is 0.355 e. The maximum atomic E-state index is 13.0. The molecule has 0 unspecified atom stereocenters.